The summed E-state index contributed by atoms with van der Waals surface area (Å²) in [6.45, 7) is 6.83. The summed E-state index contributed by atoms with van der Waals surface area (Å²) < 4.78 is 11.1. The van der Waals surface area contributed by atoms with Crippen LogP contribution in [0, 0.1) is 12.8 Å². The van der Waals surface area contributed by atoms with Gasteiger partial charge in [0.25, 0.3) is 11.7 Å². The van der Waals surface area contributed by atoms with Crippen molar-refractivity contribution in [3.05, 3.63) is 101 Å². The van der Waals surface area contributed by atoms with Crippen molar-refractivity contribution in [1.29, 1.82) is 0 Å². The van der Waals surface area contributed by atoms with Crippen LogP contribution in [0.15, 0.2) is 78.4 Å². The molecule has 1 fully saturated rings. The lowest BCUT2D eigenvalue weighted by molar-refractivity contribution is -0.140. The average molecular weight is 486 g/mol. The molecule has 0 spiro atoms. The summed E-state index contributed by atoms with van der Waals surface area (Å²) in [4.78, 5) is 28.0. The van der Waals surface area contributed by atoms with Crippen molar-refractivity contribution in [3.8, 4) is 11.5 Å². The number of ketones is 1. The maximum atomic E-state index is 13.3. The molecular weight excluding hydrogens is 454 g/mol. The van der Waals surface area contributed by atoms with Crippen LogP contribution in [0.25, 0.3) is 5.76 Å². The van der Waals surface area contributed by atoms with Crippen LogP contribution in [0.2, 0.25) is 0 Å². The minimum Gasteiger partial charge on any atom is -0.507 e. The van der Waals surface area contributed by atoms with E-state index in [0.29, 0.717) is 23.8 Å². The molecule has 1 saturated heterocycles. The second kappa shape index (κ2) is 10.7. The molecule has 6 nitrogen and oxygen atoms in total. The number of hydrogen-bond acceptors (Lipinski definition) is 5. The first-order chi connectivity index (χ1) is 17.3. The maximum Gasteiger partial charge on any atom is 0.295 e. The molecule has 0 aliphatic carbocycles. The van der Waals surface area contributed by atoms with Gasteiger partial charge in [0.2, 0.25) is 0 Å². The van der Waals surface area contributed by atoms with E-state index in [1.807, 2.05) is 61.5 Å². The summed E-state index contributed by atoms with van der Waals surface area (Å²) in [6, 6.07) is 21.2. The number of Topliss-reactive ketones (excluding diaryl/α,β-unsaturated/α-hetero) is 1. The van der Waals surface area contributed by atoms with Crippen molar-refractivity contribution in [2.45, 2.75) is 33.4 Å². The highest BCUT2D eigenvalue weighted by Gasteiger charge is 2.46. The lowest BCUT2D eigenvalue weighted by Gasteiger charge is -2.25. The van der Waals surface area contributed by atoms with Gasteiger partial charge >= 0.3 is 0 Å². The summed E-state index contributed by atoms with van der Waals surface area (Å²) in [5.74, 6) is 0.266. The molecule has 1 heterocycles. The number of carbonyl (C=O) groups excluding carboxylic acids is 2. The van der Waals surface area contributed by atoms with Gasteiger partial charge < -0.3 is 19.5 Å². The van der Waals surface area contributed by atoms with Gasteiger partial charge in [-0.05, 0) is 59.9 Å². The zero-order chi connectivity index (χ0) is 25.8. The van der Waals surface area contributed by atoms with E-state index in [1.165, 1.54) is 4.90 Å². The third kappa shape index (κ3) is 5.13. The number of aryl methyl sites for hydroxylation is 1. The van der Waals surface area contributed by atoms with Crippen molar-refractivity contribution >= 4 is 17.4 Å². The minimum atomic E-state index is -0.717. The maximum absolute atomic E-state index is 13.3. The molecule has 1 atom stereocenters. The van der Waals surface area contributed by atoms with Crippen molar-refractivity contribution in [2.24, 2.45) is 5.92 Å². The van der Waals surface area contributed by atoms with Crippen LogP contribution in [0.1, 0.15) is 42.1 Å². The van der Waals surface area contributed by atoms with Gasteiger partial charge in [0.05, 0.1) is 25.3 Å². The number of hydrogen-bond donors (Lipinski definition) is 1. The van der Waals surface area contributed by atoms with Crippen LogP contribution in [0.4, 0.5) is 0 Å². The molecule has 1 unspecified atom stereocenters. The highest BCUT2D eigenvalue weighted by atomic mass is 16.5. The summed E-state index contributed by atoms with van der Waals surface area (Å²) in [5, 5.41) is 11.3. The smallest absolute Gasteiger partial charge is 0.295 e. The van der Waals surface area contributed by atoms with Crippen molar-refractivity contribution in [2.75, 3.05) is 13.7 Å². The van der Waals surface area contributed by atoms with E-state index < -0.39 is 17.7 Å². The number of nitrogens with zero attached hydrogens (tertiary/aromatic N) is 1. The Morgan fingerprint density at radius 1 is 1.00 bits per heavy atom. The highest BCUT2D eigenvalue weighted by molar-refractivity contribution is 6.46. The quantitative estimate of drug-likeness (QED) is 0.253. The van der Waals surface area contributed by atoms with Gasteiger partial charge in [-0.25, -0.2) is 0 Å². The molecule has 4 rings (SSSR count). The zero-order valence-electron chi connectivity index (χ0n) is 21.0. The van der Waals surface area contributed by atoms with Gasteiger partial charge in [0.1, 0.15) is 17.3 Å². The molecule has 3 aromatic carbocycles. The Bertz CT molecular complexity index is 1280. The molecule has 1 amide bonds. The normalized spacial score (nSPS) is 17.0. The van der Waals surface area contributed by atoms with Crippen LogP contribution in [0.3, 0.4) is 0 Å². The van der Waals surface area contributed by atoms with Crippen LogP contribution < -0.4 is 9.47 Å². The topological polar surface area (TPSA) is 76.1 Å². The first-order valence-electron chi connectivity index (χ1n) is 12.0. The van der Waals surface area contributed by atoms with Gasteiger partial charge in [-0.3, -0.25) is 9.59 Å². The Morgan fingerprint density at radius 2 is 1.69 bits per heavy atom. The molecule has 0 aromatic heterocycles. The number of ether oxygens (including phenoxy) is 2. The van der Waals surface area contributed by atoms with E-state index >= 15 is 0 Å². The van der Waals surface area contributed by atoms with Crippen LogP contribution in [-0.4, -0.2) is 35.4 Å². The fraction of sp³-hybridized carbons (Fsp3) is 0.267. The lowest BCUT2D eigenvalue weighted by atomic mass is 9.94. The van der Waals surface area contributed by atoms with Crippen molar-refractivity contribution < 1.29 is 24.2 Å². The molecule has 36 heavy (non-hydrogen) atoms. The Labute approximate surface area is 211 Å². The molecule has 1 N–H and O–H groups in total. The molecule has 0 radical (unpaired) electrons. The fourth-order valence-corrected chi connectivity index (χ4v) is 4.32. The second-order valence-electron chi connectivity index (χ2n) is 9.37. The highest BCUT2D eigenvalue weighted by Crippen LogP contribution is 2.40. The van der Waals surface area contributed by atoms with Crippen LogP contribution >= 0.6 is 0 Å². The number of aliphatic hydroxyl groups is 1. The van der Waals surface area contributed by atoms with Crippen LogP contribution in [0.5, 0.6) is 11.5 Å². The predicted octanol–water partition coefficient (Wildman–Crippen LogP) is 5.66. The van der Waals surface area contributed by atoms with E-state index in [9.17, 15) is 14.7 Å². The number of likely N-dealkylation sites (tertiary alicyclic amines) is 1. The van der Waals surface area contributed by atoms with E-state index in [2.05, 4.69) is 13.8 Å². The Balaban J connectivity index is 1.75. The third-order valence-corrected chi connectivity index (χ3v) is 6.19. The molecule has 6 heteroatoms. The number of benzene rings is 3. The van der Waals surface area contributed by atoms with Crippen molar-refractivity contribution in [1.82, 2.24) is 4.90 Å². The van der Waals surface area contributed by atoms with E-state index in [-0.39, 0.29) is 17.9 Å². The van der Waals surface area contributed by atoms with Gasteiger partial charge in [-0.1, -0.05) is 56.3 Å². The third-order valence-electron chi connectivity index (χ3n) is 6.19. The van der Waals surface area contributed by atoms with E-state index in [4.69, 9.17) is 9.47 Å². The molecule has 3 aromatic rings. The molecule has 0 bridgehead atoms. The van der Waals surface area contributed by atoms with Gasteiger partial charge in [0, 0.05) is 12.1 Å². The number of aliphatic hydroxyl groups excluding tert-OH is 1. The van der Waals surface area contributed by atoms with Gasteiger partial charge in [-0.15, -0.1) is 0 Å². The first-order valence-corrected chi connectivity index (χ1v) is 12.0. The monoisotopic (exact) mass is 485 g/mol. The zero-order valence-corrected chi connectivity index (χ0v) is 21.0. The molecular formula is C30H31NO5. The fourth-order valence-electron chi connectivity index (χ4n) is 4.32. The van der Waals surface area contributed by atoms with E-state index in [1.54, 1.807) is 25.3 Å². The largest absolute Gasteiger partial charge is 0.507 e. The first kappa shape index (κ1) is 25.0. The second-order valence-corrected chi connectivity index (χ2v) is 9.37. The summed E-state index contributed by atoms with van der Waals surface area (Å²) in [6.07, 6.45) is 0. The Kier molecular flexibility index (Phi) is 7.44. The van der Waals surface area contributed by atoms with Gasteiger partial charge in [0.15, 0.2) is 0 Å². The number of carbonyl (C=O) groups is 2. The molecule has 186 valence electrons. The Hall–Kier alpha value is -4.06. The SMILES string of the molecule is COc1ccc(CN2C(=O)C(=O)/C(=C(\O)c3ccc(OCC(C)C)c(C)c3)C2c2ccccc2)cc1. The average Bonchev–Trinajstić information content (AvgIpc) is 3.13. The predicted molar refractivity (Wildman–Crippen MR) is 139 cm³/mol. The number of amides is 1. The Morgan fingerprint density at radius 3 is 2.31 bits per heavy atom. The number of rotatable bonds is 8. The minimum absolute atomic E-state index is 0.0787. The van der Waals surface area contributed by atoms with Crippen molar-refractivity contribution in [3.63, 3.8) is 0 Å². The lowest BCUT2D eigenvalue weighted by Crippen LogP contribution is -2.29. The summed E-state index contributed by atoms with van der Waals surface area (Å²) in [5.41, 5.74) is 2.98. The standard InChI is InChI=1S/C30H31NO5/c1-19(2)18-36-25-15-12-23(16-20(25)3)28(32)26-27(22-8-6-5-7-9-22)31(30(34)29(26)33)17-21-10-13-24(35-4)14-11-21/h5-16,19,27,32H,17-18H2,1-4H3/b28-26-. The van der Waals surface area contributed by atoms with Crippen LogP contribution in [-0.2, 0) is 16.1 Å². The molecule has 1 aliphatic rings. The molecule has 0 saturated carbocycles. The van der Waals surface area contributed by atoms with Gasteiger partial charge in [-0.2, -0.15) is 0 Å². The van der Waals surface area contributed by atoms with E-state index in [0.717, 1.165) is 22.4 Å². The summed E-state index contributed by atoms with van der Waals surface area (Å²) >= 11 is 0. The molecule has 1 aliphatic heterocycles. The number of methoxy groups -OCH3 is 1. The summed E-state index contributed by atoms with van der Waals surface area (Å²) in [7, 11) is 1.59.